The standard InChI is InChI=1S/C24H44O6.C2H6/c1-9-20(26-5)17(3)13-14-19(25)16(2)11-10-12-18(4)23-21(27-6)15-22(28-7)24(29-8)30-23;1-2/h10-12,16-17,19-25H,9,13-15H2,1-8H3;1-2H3/b11-10+,18-12+;/t16?,17?,19?,20?,21-,22?,23?,24-;/m1./s1. The van der Waals surface area contributed by atoms with Crippen LogP contribution in [0, 0.1) is 11.8 Å². The average molecular weight is 459 g/mol. The minimum atomic E-state index is -0.416. The number of allylic oxidation sites excluding steroid dienone is 2. The fourth-order valence-electron chi connectivity index (χ4n) is 4.11. The summed E-state index contributed by atoms with van der Waals surface area (Å²) >= 11 is 0. The van der Waals surface area contributed by atoms with Crippen LogP contribution in [0.15, 0.2) is 23.8 Å². The molecular formula is C26H50O6. The maximum atomic E-state index is 10.5. The normalized spacial score (nSPS) is 28.0. The van der Waals surface area contributed by atoms with Gasteiger partial charge in [0.2, 0.25) is 0 Å². The fraction of sp³-hybridized carbons (Fsp3) is 0.846. The van der Waals surface area contributed by atoms with E-state index in [0.29, 0.717) is 12.3 Å². The third-order valence-electron chi connectivity index (χ3n) is 6.31. The molecule has 1 saturated heterocycles. The van der Waals surface area contributed by atoms with Gasteiger partial charge in [-0.05, 0) is 37.7 Å². The molecule has 8 atom stereocenters. The highest BCUT2D eigenvalue weighted by Crippen LogP contribution is 2.29. The summed E-state index contributed by atoms with van der Waals surface area (Å²) in [4.78, 5) is 0. The third-order valence-corrected chi connectivity index (χ3v) is 6.31. The van der Waals surface area contributed by atoms with Crippen molar-refractivity contribution < 1.29 is 28.8 Å². The Labute approximate surface area is 197 Å². The van der Waals surface area contributed by atoms with Gasteiger partial charge in [0.1, 0.15) is 12.2 Å². The second kappa shape index (κ2) is 17.7. The Morgan fingerprint density at radius 3 is 2.16 bits per heavy atom. The van der Waals surface area contributed by atoms with E-state index in [0.717, 1.165) is 24.8 Å². The van der Waals surface area contributed by atoms with Crippen molar-refractivity contribution >= 4 is 0 Å². The first-order chi connectivity index (χ1) is 15.3. The predicted molar refractivity (Wildman–Crippen MR) is 131 cm³/mol. The molecule has 6 unspecified atom stereocenters. The summed E-state index contributed by atoms with van der Waals surface area (Å²) in [5, 5.41) is 10.5. The van der Waals surface area contributed by atoms with Gasteiger partial charge in [-0.1, -0.05) is 52.8 Å². The lowest BCUT2D eigenvalue weighted by atomic mass is 9.91. The minimum Gasteiger partial charge on any atom is -0.393 e. The first kappa shape index (κ1) is 31.2. The van der Waals surface area contributed by atoms with Gasteiger partial charge in [0.15, 0.2) is 6.29 Å². The molecule has 0 amide bonds. The Kier molecular flexibility index (Phi) is 17.3. The predicted octanol–water partition coefficient (Wildman–Crippen LogP) is 5.14. The van der Waals surface area contributed by atoms with Crippen LogP contribution in [0.25, 0.3) is 0 Å². The quantitative estimate of drug-likeness (QED) is 0.385. The molecule has 1 heterocycles. The Morgan fingerprint density at radius 1 is 1.03 bits per heavy atom. The number of methoxy groups -OCH3 is 4. The Hall–Kier alpha value is -0.760. The largest absolute Gasteiger partial charge is 0.393 e. The van der Waals surface area contributed by atoms with Crippen molar-refractivity contribution in [2.75, 3.05) is 28.4 Å². The van der Waals surface area contributed by atoms with Crippen molar-refractivity contribution in [1.29, 1.82) is 0 Å². The number of ether oxygens (including phenoxy) is 5. The number of hydrogen-bond acceptors (Lipinski definition) is 6. The van der Waals surface area contributed by atoms with E-state index in [4.69, 9.17) is 23.7 Å². The van der Waals surface area contributed by atoms with Crippen LogP contribution < -0.4 is 0 Å². The van der Waals surface area contributed by atoms with E-state index in [1.165, 1.54) is 0 Å². The van der Waals surface area contributed by atoms with Crippen LogP contribution >= 0.6 is 0 Å². The van der Waals surface area contributed by atoms with Crippen LogP contribution in [0.3, 0.4) is 0 Å². The van der Waals surface area contributed by atoms with Crippen LogP contribution in [0.2, 0.25) is 0 Å². The van der Waals surface area contributed by atoms with Gasteiger partial charge in [-0.2, -0.15) is 0 Å². The first-order valence-electron chi connectivity index (χ1n) is 12.1. The van der Waals surface area contributed by atoms with Gasteiger partial charge < -0.3 is 28.8 Å². The molecule has 1 rings (SSSR count). The lowest BCUT2D eigenvalue weighted by molar-refractivity contribution is -0.256. The highest BCUT2D eigenvalue weighted by molar-refractivity contribution is 5.17. The average Bonchev–Trinajstić information content (AvgIpc) is 2.83. The molecule has 32 heavy (non-hydrogen) atoms. The zero-order valence-corrected chi connectivity index (χ0v) is 22.2. The van der Waals surface area contributed by atoms with Gasteiger partial charge >= 0.3 is 0 Å². The SMILES string of the molecule is CC.CCC(OC)C(C)CCC(O)C(C)/C=C/C=C(\C)C1O[C@@H](OC)C(OC)C[C@H]1OC. The maximum Gasteiger partial charge on any atom is 0.184 e. The molecular weight excluding hydrogens is 408 g/mol. The zero-order valence-electron chi connectivity index (χ0n) is 22.2. The number of aliphatic hydroxyl groups is 1. The van der Waals surface area contributed by atoms with E-state index in [1.807, 2.05) is 45.9 Å². The second-order valence-electron chi connectivity index (χ2n) is 8.40. The monoisotopic (exact) mass is 458 g/mol. The van der Waals surface area contributed by atoms with E-state index >= 15 is 0 Å². The molecule has 6 heteroatoms. The fourth-order valence-corrected chi connectivity index (χ4v) is 4.11. The summed E-state index contributed by atoms with van der Waals surface area (Å²) in [5.41, 5.74) is 1.05. The van der Waals surface area contributed by atoms with Gasteiger partial charge in [0.05, 0.1) is 18.3 Å². The summed E-state index contributed by atoms with van der Waals surface area (Å²) in [6.45, 7) is 12.4. The Morgan fingerprint density at radius 2 is 1.66 bits per heavy atom. The highest BCUT2D eigenvalue weighted by atomic mass is 16.7. The van der Waals surface area contributed by atoms with Crippen LogP contribution in [0.1, 0.15) is 67.2 Å². The van der Waals surface area contributed by atoms with Crippen molar-refractivity contribution in [2.24, 2.45) is 11.8 Å². The van der Waals surface area contributed by atoms with Gasteiger partial charge in [-0.3, -0.25) is 0 Å². The summed E-state index contributed by atoms with van der Waals surface area (Å²) in [6, 6.07) is 0. The van der Waals surface area contributed by atoms with Crippen LogP contribution in [0.5, 0.6) is 0 Å². The minimum absolute atomic E-state index is 0.0685. The smallest absolute Gasteiger partial charge is 0.184 e. The van der Waals surface area contributed by atoms with Gasteiger partial charge in [-0.25, -0.2) is 0 Å². The molecule has 1 aliphatic rings. The third kappa shape index (κ3) is 10.0. The summed E-state index contributed by atoms with van der Waals surface area (Å²) < 4.78 is 28.1. The molecule has 190 valence electrons. The molecule has 1 fully saturated rings. The second-order valence-corrected chi connectivity index (χ2v) is 8.40. The lowest BCUT2D eigenvalue weighted by Gasteiger charge is -2.39. The molecule has 1 aliphatic heterocycles. The van der Waals surface area contributed by atoms with E-state index < -0.39 is 6.29 Å². The number of hydrogen-bond donors (Lipinski definition) is 1. The van der Waals surface area contributed by atoms with Crippen LogP contribution in [-0.4, -0.2) is 70.4 Å². The van der Waals surface area contributed by atoms with Crippen LogP contribution in [-0.2, 0) is 23.7 Å². The van der Waals surface area contributed by atoms with Crippen molar-refractivity contribution in [1.82, 2.24) is 0 Å². The molecule has 0 aromatic heterocycles. The summed E-state index contributed by atoms with van der Waals surface area (Å²) in [6.07, 6.45) is 8.51. The molecule has 0 radical (unpaired) electrons. The molecule has 1 N–H and O–H groups in total. The van der Waals surface area contributed by atoms with E-state index in [1.54, 1.807) is 28.4 Å². The molecule has 0 saturated carbocycles. The lowest BCUT2D eigenvalue weighted by Crippen LogP contribution is -2.49. The Bertz CT molecular complexity index is 516. The molecule has 6 nitrogen and oxygen atoms in total. The van der Waals surface area contributed by atoms with Gasteiger partial charge in [-0.15, -0.1) is 0 Å². The topological polar surface area (TPSA) is 66.4 Å². The van der Waals surface area contributed by atoms with E-state index in [2.05, 4.69) is 13.8 Å². The molecule has 0 spiro atoms. The van der Waals surface area contributed by atoms with Gasteiger partial charge in [0.25, 0.3) is 0 Å². The number of aliphatic hydroxyl groups excluding tert-OH is 1. The van der Waals surface area contributed by atoms with E-state index in [9.17, 15) is 5.11 Å². The van der Waals surface area contributed by atoms with E-state index in [-0.39, 0.29) is 36.4 Å². The van der Waals surface area contributed by atoms with Crippen LogP contribution in [0.4, 0.5) is 0 Å². The first-order valence-corrected chi connectivity index (χ1v) is 12.1. The number of rotatable bonds is 13. The maximum absolute atomic E-state index is 10.5. The highest BCUT2D eigenvalue weighted by Gasteiger charge is 2.39. The summed E-state index contributed by atoms with van der Waals surface area (Å²) in [7, 11) is 6.73. The molecule has 0 aromatic rings. The Balaban J connectivity index is 0.00000466. The van der Waals surface area contributed by atoms with Crippen molar-refractivity contribution in [2.45, 2.75) is 104 Å². The van der Waals surface area contributed by atoms with Crippen molar-refractivity contribution in [3.63, 3.8) is 0 Å². The zero-order chi connectivity index (χ0) is 24.7. The molecule has 0 aliphatic carbocycles. The molecule has 0 aromatic carbocycles. The summed E-state index contributed by atoms with van der Waals surface area (Å²) in [5.74, 6) is 0.506. The molecule has 0 bridgehead atoms. The van der Waals surface area contributed by atoms with Gasteiger partial charge in [0, 0.05) is 40.8 Å². The van der Waals surface area contributed by atoms with Crippen molar-refractivity contribution in [3.8, 4) is 0 Å². The van der Waals surface area contributed by atoms with Crippen molar-refractivity contribution in [3.05, 3.63) is 23.8 Å².